The SMILES string of the molecule is CC(C)(C)CC(CNC(=O)C1CCCCC1(C)C)C(=O)O. The van der Waals surface area contributed by atoms with Crippen molar-refractivity contribution < 1.29 is 14.7 Å². The maximum atomic E-state index is 12.4. The number of hydrogen-bond acceptors (Lipinski definition) is 2. The van der Waals surface area contributed by atoms with Crippen LogP contribution in [0.2, 0.25) is 0 Å². The van der Waals surface area contributed by atoms with Crippen molar-refractivity contribution in [3.63, 3.8) is 0 Å². The van der Waals surface area contributed by atoms with Crippen molar-refractivity contribution >= 4 is 11.9 Å². The molecule has 0 bridgehead atoms. The van der Waals surface area contributed by atoms with Crippen LogP contribution < -0.4 is 5.32 Å². The molecule has 0 aromatic rings. The molecule has 2 unspecified atom stereocenters. The summed E-state index contributed by atoms with van der Waals surface area (Å²) in [5, 5.41) is 12.2. The number of nitrogens with one attached hydrogen (secondary N) is 1. The lowest BCUT2D eigenvalue weighted by Crippen LogP contribution is -2.43. The van der Waals surface area contributed by atoms with Gasteiger partial charge in [0.1, 0.15) is 0 Å². The van der Waals surface area contributed by atoms with Gasteiger partial charge in [-0.05, 0) is 30.1 Å². The summed E-state index contributed by atoms with van der Waals surface area (Å²) in [5.74, 6) is -1.30. The highest BCUT2D eigenvalue weighted by Gasteiger charge is 2.37. The molecule has 1 aliphatic rings. The van der Waals surface area contributed by atoms with Crippen LogP contribution in [0.15, 0.2) is 0 Å². The van der Waals surface area contributed by atoms with Crippen molar-refractivity contribution in [3.05, 3.63) is 0 Å². The summed E-state index contributed by atoms with van der Waals surface area (Å²) >= 11 is 0. The van der Waals surface area contributed by atoms with Crippen molar-refractivity contribution in [2.24, 2.45) is 22.7 Å². The zero-order chi connectivity index (χ0) is 16.3. The van der Waals surface area contributed by atoms with Gasteiger partial charge in [0.25, 0.3) is 0 Å². The number of aliphatic carboxylic acids is 1. The molecule has 0 heterocycles. The Morgan fingerprint density at radius 1 is 1.29 bits per heavy atom. The lowest BCUT2D eigenvalue weighted by atomic mass is 9.68. The summed E-state index contributed by atoms with van der Waals surface area (Å²) in [5.41, 5.74) is -0.0387. The number of carbonyl (C=O) groups excluding carboxylic acids is 1. The van der Waals surface area contributed by atoms with Gasteiger partial charge in [0, 0.05) is 12.5 Å². The van der Waals surface area contributed by atoms with Crippen LogP contribution in [-0.2, 0) is 9.59 Å². The third kappa shape index (κ3) is 5.68. The minimum atomic E-state index is -0.826. The Bertz CT molecular complexity index is 382. The molecule has 0 saturated heterocycles. The van der Waals surface area contributed by atoms with Crippen LogP contribution >= 0.6 is 0 Å². The third-order valence-corrected chi connectivity index (χ3v) is 4.55. The lowest BCUT2D eigenvalue weighted by Gasteiger charge is -2.37. The zero-order valence-electron chi connectivity index (χ0n) is 14.2. The van der Waals surface area contributed by atoms with E-state index in [-0.39, 0.29) is 29.2 Å². The van der Waals surface area contributed by atoms with Crippen LogP contribution in [0.3, 0.4) is 0 Å². The Morgan fingerprint density at radius 2 is 1.90 bits per heavy atom. The summed E-state index contributed by atoms with van der Waals surface area (Å²) in [6.45, 7) is 10.6. The van der Waals surface area contributed by atoms with E-state index in [1.165, 1.54) is 6.42 Å². The Balaban J connectivity index is 2.59. The van der Waals surface area contributed by atoms with Gasteiger partial charge in [0.15, 0.2) is 0 Å². The van der Waals surface area contributed by atoms with E-state index >= 15 is 0 Å². The van der Waals surface area contributed by atoms with E-state index in [0.29, 0.717) is 6.42 Å². The molecule has 0 aromatic carbocycles. The molecule has 1 rings (SSSR count). The van der Waals surface area contributed by atoms with Crippen molar-refractivity contribution in [2.45, 2.75) is 66.7 Å². The summed E-state index contributed by atoms with van der Waals surface area (Å²) in [6.07, 6.45) is 4.81. The predicted molar refractivity (Wildman–Crippen MR) is 83.9 cm³/mol. The van der Waals surface area contributed by atoms with Crippen molar-refractivity contribution in [3.8, 4) is 0 Å². The van der Waals surface area contributed by atoms with Crippen molar-refractivity contribution in [1.82, 2.24) is 5.32 Å². The van der Waals surface area contributed by atoms with E-state index < -0.39 is 11.9 Å². The van der Waals surface area contributed by atoms with Crippen LogP contribution in [0, 0.1) is 22.7 Å². The van der Waals surface area contributed by atoms with Gasteiger partial charge < -0.3 is 10.4 Å². The van der Waals surface area contributed by atoms with Crippen LogP contribution in [-0.4, -0.2) is 23.5 Å². The first-order chi connectivity index (χ1) is 9.53. The second-order valence-electron chi connectivity index (χ2n) is 8.33. The minimum Gasteiger partial charge on any atom is -0.481 e. The number of amides is 1. The van der Waals surface area contributed by atoms with Gasteiger partial charge in [-0.2, -0.15) is 0 Å². The summed E-state index contributed by atoms with van der Waals surface area (Å²) in [4.78, 5) is 23.7. The Labute approximate surface area is 128 Å². The fraction of sp³-hybridized carbons (Fsp3) is 0.882. The molecule has 21 heavy (non-hydrogen) atoms. The van der Waals surface area contributed by atoms with E-state index in [0.717, 1.165) is 19.3 Å². The lowest BCUT2D eigenvalue weighted by molar-refractivity contribution is -0.143. The molecule has 1 fully saturated rings. The molecule has 1 aliphatic carbocycles. The molecule has 4 heteroatoms. The Kier molecular flexibility index (Phi) is 5.83. The first-order valence-electron chi connectivity index (χ1n) is 8.03. The summed E-state index contributed by atoms with van der Waals surface area (Å²) in [7, 11) is 0. The molecule has 122 valence electrons. The Hall–Kier alpha value is -1.06. The highest BCUT2D eigenvalue weighted by Crippen LogP contribution is 2.40. The number of rotatable bonds is 5. The van der Waals surface area contributed by atoms with E-state index in [1.54, 1.807) is 0 Å². The molecule has 0 aromatic heterocycles. The fourth-order valence-electron chi connectivity index (χ4n) is 3.31. The van der Waals surface area contributed by atoms with Gasteiger partial charge in [-0.3, -0.25) is 9.59 Å². The Morgan fingerprint density at radius 3 is 2.38 bits per heavy atom. The van der Waals surface area contributed by atoms with Gasteiger partial charge in [0.05, 0.1) is 5.92 Å². The predicted octanol–water partition coefficient (Wildman–Crippen LogP) is 3.46. The van der Waals surface area contributed by atoms with Crippen LogP contribution in [0.25, 0.3) is 0 Å². The van der Waals surface area contributed by atoms with Gasteiger partial charge in [-0.25, -0.2) is 0 Å². The van der Waals surface area contributed by atoms with Crippen LogP contribution in [0.1, 0.15) is 66.7 Å². The highest BCUT2D eigenvalue weighted by atomic mass is 16.4. The van der Waals surface area contributed by atoms with Gasteiger partial charge in [0.2, 0.25) is 5.91 Å². The number of carboxylic acids is 1. The van der Waals surface area contributed by atoms with Gasteiger partial charge in [-0.1, -0.05) is 47.5 Å². The van der Waals surface area contributed by atoms with Gasteiger partial charge in [-0.15, -0.1) is 0 Å². The summed E-state index contributed by atoms with van der Waals surface area (Å²) in [6, 6.07) is 0. The number of hydrogen-bond donors (Lipinski definition) is 2. The third-order valence-electron chi connectivity index (χ3n) is 4.55. The van der Waals surface area contributed by atoms with E-state index in [1.807, 2.05) is 20.8 Å². The maximum Gasteiger partial charge on any atom is 0.308 e. The second kappa shape index (κ2) is 6.80. The first kappa shape index (κ1) is 18.0. The maximum absolute atomic E-state index is 12.4. The van der Waals surface area contributed by atoms with Gasteiger partial charge >= 0.3 is 5.97 Å². The molecular weight excluding hydrogens is 266 g/mol. The molecule has 4 nitrogen and oxygen atoms in total. The van der Waals surface area contributed by atoms with Crippen molar-refractivity contribution in [1.29, 1.82) is 0 Å². The topological polar surface area (TPSA) is 66.4 Å². The molecule has 2 atom stereocenters. The minimum absolute atomic E-state index is 0.00957. The normalized spacial score (nSPS) is 23.4. The molecule has 2 N–H and O–H groups in total. The standard InChI is InChI=1S/C17H31NO3/c1-16(2,3)10-12(15(20)21)11-18-14(19)13-8-6-7-9-17(13,4)5/h12-13H,6-11H2,1-5H3,(H,18,19)(H,20,21). The van der Waals surface area contributed by atoms with E-state index in [4.69, 9.17) is 0 Å². The largest absolute Gasteiger partial charge is 0.481 e. The number of carbonyl (C=O) groups is 2. The quantitative estimate of drug-likeness (QED) is 0.816. The van der Waals surface area contributed by atoms with Crippen LogP contribution in [0.4, 0.5) is 0 Å². The van der Waals surface area contributed by atoms with E-state index in [2.05, 4.69) is 19.2 Å². The smallest absolute Gasteiger partial charge is 0.308 e. The second-order valence-corrected chi connectivity index (χ2v) is 8.33. The molecule has 1 amide bonds. The van der Waals surface area contributed by atoms with Crippen molar-refractivity contribution in [2.75, 3.05) is 6.54 Å². The summed E-state index contributed by atoms with van der Waals surface area (Å²) < 4.78 is 0. The fourth-order valence-corrected chi connectivity index (χ4v) is 3.31. The molecule has 1 saturated carbocycles. The first-order valence-corrected chi connectivity index (χ1v) is 8.03. The molecule has 0 aliphatic heterocycles. The van der Waals surface area contributed by atoms with E-state index in [9.17, 15) is 14.7 Å². The highest BCUT2D eigenvalue weighted by molar-refractivity contribution is 5.80. The van der Waals surface area contributed by atoms with Crippen LogP contribution in [0.5, 0.6) is 0 Å². The monoisotopic (exact) mass is 297 g/mol. The molecule has 0 radical (unpaired) electrons. The number of carboxylic acid groups (broad SMARTS) is 1. The average Bonchev–Trinajstić information content (AvgIpc) is 2.31. The molecule has 0 spiro atoms. The zero-order valence-corrected chi connectivity index (χ0v) is 14.2. The average molecular weight is 297 g/mol. The molecular formula is C17H31NO3.